The molecule has 4 aromatic carbocycles. The molecule has 0 heterocycles. The highest BCUT2D eigenvalue weighted by molar-refractivity contribution is 9.10. The number of nitrogens with one attached hydrogen (secondary N) is 1. The average Bonchev–Trinajstić information content (AvgIpc) is 2.78. The molecule has 0 aromatic heterocycles. The van der Waals surface area contributed by atoms with Crippen LogP contribution in [0.4, 0.5) is 0 Å². The Bertz CT molecular complexity index is 1320. The number of rotatable bonds is 6. The van der Waals surface area contributed by atoms with Gasteiger partial charge in [0.1, 0.15) is 12.4 Å². The molecule has 4 aromatic rings. The van der Waals surface area contributed by atoms with Crippen LogP contribution in [-0.2, 0) is 6.61 Å². The SMILES string of the molecule is Cc1ccc(C(=O)N/N=C\c2ccc(OCc3cccc4ccccc34)c(Br)c2)c(Cl)c1. The number of hydrazone groups is 1. The van der Waals surface area contributed by atoms with Crippen molar-refractivity contribution in [2.45, 2.75) is 13.5 Å². The highest BCUT2D eigenvalue weighted by atomic mass is 79.9. The summed E-state index contributed by atoms with van der Waals surface area (Å²) in [6.45, 7) is 2.37. The number of nitrogens with zero attached hydrogens (tertiary/aromatic N) is 1. The summed E-state index contributed by atoms with van der Waals surface area (Å²) < 4.78 is 6.83. The molecule has 0 aliphatic rings. The predicted molar refractivity (Wildman–Crippen MR) is 134 cm³/mol. The van der Waals surface area contributed by atoms with E-state index in [-0.39, 0.29) is 5.91 Å². The molecule has 160 valence electrons. The molecular formula is C26H20BrClN2O2. The zero-order valence-electron chi connectivity index (χ0n) is 17.3. The second-order valence-electron chi connectivity index (χ2n) is 7.30. The molecule has 1 amide bonds. The highest BCUT2D eigenvalue weighted by Gasteiger charge is 2.09. The van der Waals surface area contributed by atoms with Crippen LogP contribution in [0.3, 0.4) is 0 Å². The van der Waals surface area contributed by atoms with Gasteiger partial charge in [-0.1, -0.05) is 60.1 Å². The first kappa shape index (κ1) is 22.1. The van der Waals surface area contributed by atoms with Gasteiger partial charge in [0.15, 0.2) is 0 Å². The van der Waals surface area contributed by atoms with Gasteiger partial charge in [-0.15, -0.1) is 0 Å². The van der Waals surface area contributed by atoms with Crippen molar-refractivity contribution in [3.8, 4) is 5.75 Å². The molecular weight excluding hydrogens is 488 g/mol. The first-order valence-electron chi connectivity index (χ1n) is 10.00. The van der Waals surface area contributed by atoms with E-state index in [4.69, 9.17) is 16.3 Å². The molecule has 0 aliphatic heterocycles. The molecule has 0 unspecified atom stereocenters. The molecule has 0 spiro atoms. The van der Waals surface area contributed by atoms with Crippen molar-refractivity contribution < 1.29 is 9.53 Å². The van der Waals surface area contributed by atoms with E-state index in [1.165, 1.54) is 10.8 Å². The lowest BCUT2D eigenvalue weighted by Gasteiger charge is -2.11. The molecule has 32 heavy (non-hydrogen) atoms. The number of hydrogen-bond acceptors (Lipinski definition) is 3. The van der Waals surface area contributed by atoms with Gasteiger partial charge < -0.3 is 4.74 Å². The molecule has 0 bridgehead atoms. The fourth-order valence-electron chi connectivity index (χ4n) is 3.32. The Morgan fingerprint density at radius 2 is 1.88 bits per heavy atom. The minimum absolute atomic E-state index is 0.361. The van der Waals surface area contributed by atoms with Gasteiger partial charge in [-0.05, 0) is 80.6 Å². The summed E-state index contributed by atoms with van der Waals surface area (Å²) in [4.78, 5) is 12.3. The lowest BCUT2D eigenvalue weighted by Crippen LogP contribution is -2.18. The van der Waals surface area contributed by atoms with Gasteiger partial charge in [-0.3, -0.25) is 4.79 Å². The smallest absolute Gasteiger partial charge is 0.272 e. The van der Waals surface area contributed by atoms with Gasteiger partial charge in [0.2, 0.25) is 0 Å². The van der Waals surface area contributed by atoms with E-state index in [0.29, 0.717) is 17.2 Å². The van der Waals surface area contributed by atoms with E-state index in [2.05, 4.69) is 50.7 Å². The van der Waals surface area contributed by atoms with E-state index >= 15 is 0 Å². The van der Waals surface area contributed by atoms with Crippen LogP contribution in [0, 0.1) is 6.92 Å². The molecule has 0 atom stereocenters. The van der Waals surface area contributed by atoms with Gasteiger partial charge in [-0.2, -0.15) is 5.10 Å². The zero-order chi connectivity index (χ0) is 22.5. The van der Waals surface area contributed by atoms with Crippen LogP contribution >= 0.6 is 27.5 Å². The first-order chi connectivity index (χ1) is 15.5. The van der Waals surface area contributed by atoms with Crippen molar-refractivity contribution in [2.24, 2.45) is 5.10 Å². The molecule has 4 nitrogen and oxygen atoms in total. The molecule has 0 radical (unpaired) electrons. The number of benzene rings is 4. The van der Waals surface area contributed by atoms with Gasteiger partial charge >= 0.3 is 0 Å². The Balaban J connectivity index is 1.40. The van der Waals surface area contributed by atoms with Crippen LogP contribution in [0.2, 0.25) is 5.02 Å². The maximum atomic E-state index is 12.3. The second kappa shape index (κ2) is 9.98. The van der Waals surface area contributed by atoms with Crippen molar-refractivity contribution in [3.63, 3.8) is 0 Å². The molecule has 0 fully saturated rings. The number of amides is 1. The number of halogens is 2. The van der Waals surface area contributed by atoms with Crippen LogP contribution < -0.4 is 10.2 Å². The Labute approximate surface area is 200 Å². The minimum atomic E-state index is -0.361. The topological polar surface area (TPSA) is 50.7 Å². The predicted octanol–water partition coefficient (Wildman–Crippen LogP) is 6.91. The minimum Gasteiger partial charge on any atom is -0.488 e. The van der Waals surface area contributed by atoms with Crippen LogP contribution in [0.5, 0.6) is 5.75 Å². The summed E-state index contributed by atoms with van der Waals surface area (Å²) in [5.41, 5.74) is 5.81. The van der Waals surface area contributed by atoms with Crippen molar-refractivity contribution in [1.29, 1.82) is 0 Å². The Hall–Kier alpha value is -3.15. The number of carbonyl (C=O) groups is 1. The number of aryl methyl sites for hydroxylation is 1. The van der Waals surface area contributed by atoms with Crippen molar-refractivity contribution >= 4 is 50.4 Å². The largest absolute Gasteiger partial charge is 0.488 e. The van der Waals surface area contributed by atoms with Gasteiger partial charge in [0.25, 0.3) is 5.91 Å². The molecule has 0 saturated carbocycles. The van der Waals surface area contributed by atoms with Crippen molar-refractivity contribution in [3.05, 3.63) is 111 Å². The van der Waals surface area contributed by atoms with Gasteiger partial charge in [0.05, 0.1) is 21.3 Å². The van der Waals surface area contributed by atoms with Gasteiger partial charge in [-0.25, -0.2) is 5.43 Å². The highest BCUT2D eigenvalue weighted by Crippen LogP contribution is 2.27. The van der Waals surface area contributed by atoms with E-state index in [1.54, 1.807) is 18.3 Å². The lowest BCUT2D eigenvalue weighted by atomic mass is 10.1. The number of ether oxygens (including phenoxy) is 1. The summed E-state index contributed by atoms with van der Waals surface area (Å²) in [6, 6.07) is 25.3. The summed E-state index contributed by atoms with van der Waals surface area (Å²) in [5.74, 6) is 0.367. The Morgan fingerprint density at radius 3 is 2.69 bits per heavy atom. The third kappa shape index (κ3) is 5.18. The average molecular weight is 508 g/mol. The maximum Gasteiger partial charge on any atom is 0.272 e. The van der Waals surface area contributed by atoms with Crippen LogP contribution in [0.15, 0.2) is 88.4 Å². The van der Waals surface area contributed by atoms with Crippen LogP contribution in [0.25, 0.3) is 10.8 Å². The molecule has 1 N–H and O–H groups in total. The van der Waals surface area contributed by atoms with E-state index in [0.717, 1.165) is 26.9 Å². The van der Waals surface area contributed by atoms with Crippen molar-refractivity contribution in [2.75, 3.05) is 0 Å². The van der Waals surface area contributed by atoms with Crippen LogP contribution in [0.1, 0.15) is 27.0 Å². The third-order valence-corrected chi connectivity index (χ3v) is 5.90. The molecule has 6 heteroatoms. The number of fused-ring (bicyclic) bond motifs is 1. The fraction of sp³-hybridized carbons (Fsp3) is 0.0769. The first-order valence-corrected chi connectivity index (χ1v) is 11.2. The maximum absolute atomic E-state index is 12.3. The Kier molecular flexibility index (Phi) is 6.88. The standard InChI is InChI=1S/C26H20BrClN2O2/c1-17-9-11-22(24(28)13-17)26(31)30-29-15-18-10-12-25(23(27)14-18)32-16-20-7-4-6-19-5-2-3-8-21(19)20/h2-15H,16H2,1H3,(H,30,31)/b29-15-. The van der Waals surface area contributed by atoms with E-state index in [1.807, 2.05) is 49.4 Å². The monoisotopic (exact) mass is 506 g/mol. The molecule has 0 aliphatic carbocycles. The summed E-state index contributed by atoms with van der Waals surface area (Å²) in [6.07, 6.45) is 1.57. The van der Waals surface area contributed by atoms with E-state index < -0.39 is 0 Å². The second-order valence-corrected chi connectivity index (χ2v) is 8.56. The summed E-state index contributed by atoms with van der Waals surface area (Å²) in [7, 11) is 0. The van der Waals surface area contributed by atoms with E-state index in [9.17, 15) is 4.79 Å². The lowest BCUT2D eigenvalue weighted by molar-refractivity contribution is 0.0955. The number of hydrogen-bond donors (Lipinski definition) is 1. The molecule has 4 rings (SSSR count). The Morgan fingerprint density at radius 1 is 1.06 bits per heavy atom. The normalized spacial score (nSPS) is 11.1. The number of carbonyl (C=O) groups excluding carboxylic acids is 1. The van der Waals surface area contributed by atoms with Crippen molar-refractivity contribution in [1.82, 2.24) is 5.43 Å². The summed E-state index contributed by atoms with van der Waals surface area (Å²) in [5, 5.41) is 6.80. The zero-order valence-corrected chi connectivity index (χ0v) is 19.7. The summed E-state index contributed by atoms with van der Waals surface area (Å²) >= 11 is 9.68. The third-order valence-electron chi connectivity index (χ3n) is 4.97. The van der Waals surface area contributed by atoms with Crippen LogP contribution in [-0.4, -0.2) is 12.1 Å². The fourth-order valence-corrected chi connectivity index (χ4v) is 4.15. The quantitative estimate of drug-likeness (QED) is 0.228. The molecule has 0 saturated heterocycles. The van der Waals surface area contributed by atoms with Gasteiger partial charge in [0, 0.05) is 0 Å².